The number of ether oxygens (including phenoxy) is 3. The van der Waals surface area contributed by atoms with E-state index in [1.807, 2.05) is 24.3 Å². The molecule has 56 heavy (non-hydrogen) atoms. The SMILES string of the molecule is O=C(O)c1cccc([N+](=O)[O-])c1COOc1ccc(Oc2ccc(-c3ccc(Oc4ccc(OC(=O)c5c(C(=O)O)cccc5[N+](=O)[O-])cc4)cc3)cc2)cc1. The molecule has 0 heterocycles. The number of carboxylic acid groups (broad SMARTS) is 2. The van der Waals surface area contributed by atoms with Crippen molar-refractivity contribution in [2.45, 2.75) is 6.61 Å². The van der Waals surface area contributed by atoms with Crippen molar-refractivity contribution in [3.8, 4) is 45.6 Å². The van der Waals surface area contributed by atoms with Crippen molar-refractivity contribution >= 4 is 29.3 Å². The maximum absolute atomic E-state index is 12.7. The summed E-state index contributed by atoms with van der Waals surface area (Å²) >= 11 is 0. The van der Waals surface area contributed by atoms with E-state index in [2.05, 4.69) is 0 Å². The van der Waals surface area contributed by atoms with E-state index in [-0.39, 0.29) is 22.6 Å². The summed E-state index contributed by atoms with van der Waals surface area (Å²) in [6.45, 7) is -0.470. The third-order valence-electron chi connectivity index (χ3n) is 7.98. The summed E-state index contributed by atoms with van der Waals surface area (Å²) in [7, 11) is 0. The molecule has 0 fully saturated rings. The fourth-order valence-corrected chi connectivity index (χ4v) is 5.34. The van der Waals surface area contributed by atoms with Crippen LogP contribution in [-0.2, 0) is 11.5 Å². The van der Waals surface area contributed by atoms with Crippen LogP contribution < -0.4 is 19.1 Å². The van der Waals surface area contributed by atoms with Gasteiger partial charge in [-0.05, 0) is 96.1 Å². The number of rotatable bonds is 15. The van der Waals surface area contributed by atoms with Crippen LogP contribution in [0.5, 0.6) is 34.5 Å². The Labute approximate surface area is 315 Å². The lowest BCUT2D eigenvalue weighted by molar-refractivity contribution is -0.386. The van der Waals surface area contributed by atoms with Crippen molar-refractivity contribution in [2.24, 2.45) is 0 Å². The Kier molecular flexibility index (Phi) is 11.2. The Morgan fingerprint density at radius 2 is 0.929 bits per heavy atom. The molecule has 0 unspecified atom stereocenters. The zero-order valence-electron chi connectivity index (χ0n) is 28.6. The molecule has 16 heteroatoms. The molecule has 6 aromatic carbocycles. The van der Waals surface area contributed by atoms with Gasteiger partial charge in [-0.1, -0.05) is 36.4 Å². The zero-order valence-corrected chi connectivity index (χ0v) is 28.6. The average molecular weight is 759 g/mol. The smallest absolute Gasteiger partial charge is 0.351 e. The van der Waals surface area contributed by atoms with Crippen LogP contribution in [0.4, 0.5) is 11.4 Å². The van der Waals surface area contributed by atoms with E-state index in [0.717, 1.165) is 23.3 Å². The van der Waals surface area contributed by atoms with Crippen LogP contribution in [0.15, 0.2) is 133 Å². The molecule has 0 amide bonds. The summed E-state index contributed by atoms with van der Waals surface area (Å²) in [5.41, 5.74) is -0.929. The van der Waals surface area contributed by atoms with Gasteiger partial charge in [-0.2, -0.15) is 4.89 Å². The van der Waals surface area contributed by atoms with Crippen molar-refractivity contribution in [1.82, 2.24) is 0 Å². The Hall–Kier alpha value is -8.11. The molecule has 0 saturated carbocycles. The number of aromatic carboxylic acids is 2. The lowest BCUT2D eigenvalue weighted by Gasteiger charge is -2.10. The van der Waals surface area contributed by atoms with Gasteiger partial charge < -0.3 is 29.3 Å². The van der Waals surface area contributed by atoms with E-state index in [4.69, 9.17) is 24.0 Å². The van der Waals surface area contributed by atoms with Gasteiger partial charge in [-0.15, -0.1) is 0 Å². The highest BCUT2D eigenvalue weighted by Gasteiger charge is 2.29. The summed E-state index contributed by atoms with van der Waals surface area (Å²) in [4.78, 5) is 67.3. The number of hydrogen-bond donors (Lipinski definition) is 2. The minimum Gasteiger partial charge on any atom is -0.478 e. The summed E-state index contributed by atoms with van der Waals surface area (Å²) in [5, 5.41) is 41.5. The third kappa shape index (κ3) is 8.91. The first kappa shape index (κ1) is 37.6. The van der Waals surface area contributed by atoms with Crippen molar-refractivity contribution in [1.29, 1.82) is 0 Å². The minimum absolute atomic E-state index is 0.0189. The molecule has 6 aromatic rings. The van der Waals surface area contributed by atoms with Crippen LogP contribution >= 0.6 is 0 Å². The molecule has 6 rings (SSSR count). The van der Waals surface area contributed by atoms with Gasteiger partial charge in [-0.3, -0.25) is 20.2 Å². The first-order valence-electron chi connectivity index (χ1n) is 16.2. The van der Waals surface area contributed by atoms with Crippen LogP contribution in [0.2, 0.25) is 0 Å². The molecular formula is C40H26N2O14. The largest absolute Gasteiger partial charge is 0.478 e. The molecule has 0 aliphatic carbocycles. The summed E-state index contributed by atoms with van der Waals surface area (Å²) in [6, 6.07) is 33.7. The predicted octanol–water partition coefficient (Wildman–Crippen LogP) is 8.88. The highest BCUT2D eigenvalue weighted by molar-refractivity contribution is 6.06. The van der Waals surface area contributed by atoms with Crippen LogP contribution in [0.1, 0.15) is 36.6 Å². The van der Waals surface area contributed by atoms with Gasteiger partial charge in [0.15, 0.2) is 11.3 Å². The Morgan fingerprint density at radius 3 is 1.39 bits per heavy atom. The number of esters is 1. The lowest BCUT2D eigenvalue weighted by atomic mass is 10.1. The van der Waals surface area contributed by atoms with Crippen molar-refractivity contribution in [3.63, 3.8) is 0 Å². The van der Waals surface area contributed by atoms with E-state index in [0.29, 0.717) is 23.0 Å². The Morgan fingerprint density at radius 1 is 0.518 bits per heavy atom. The molecule has 0 saturated heterocycles. The average Bonchev–Trinajstić information content (AvgIpc) is 3.19. The number of hydrogen-bond acceptors (Lipinski definition) is 12. The molecule has 0 bridgehead atoms. The topological polar surface area (TPSA) is 224 Å². The number of carbonyl (C=O) groups is 3. The van der Waals surface area contributed by atoms with Gasteiger partial charge in [0.25, 0.3) is 11.4 Å². The van der Waals surface area contributed by atoms with E-state index < -0.39 is 56.9 Å². The minimum atomic E-state index is -1.51. The van der Waals surface area contributed by atoms with Crippen LogP contribution in [0.25, 0.3) is 11.1 Å². The Bertz CT molecular complexity index is 2370. The predicted molar refractivity (Wildman–Crippen MR) is 195 cm³/mol. The van der Waals surface area contributed by atoms with Crippen molar-refractivity contribution in [3.05, 3.63) is 176 Å². The highest BCUT2D eigenvalue weighted by atomic mass is 17.2. The standard InChI is InChI=1S/C40H26N2O14/c43-38(44)32-3-1-5-35(41(48)49)34(32)23-52-56-31-21-19-29(20-22-31)54-27-13-9-25(10-14-27)24-7-11-26(12-8-24)53-28-15-17-30(18-16-28)55-40(47)37-33(39(45)46)4-2-6-36(37)42(50)51/h1-22H,23H2,(H,43,44)(H,45,46). The van der Waals surface area contributed by atoms with Crippen LogP contribution in [0.3, 0.4) is 0 Å². The highest BCUT2D eigenvalue weighted by Crippen LogP contribution is 2.31. The maximum atomic E-state index is 12.7. The third-order valence-corrected chi connectivity index (χ3v) is 7.98. The monoisotopic (exact) mass is 758 g/mol. The number of nitro benzene ring substituents is 2. The second-order valence-corrected chi connectivity index (χ2v) is 11.6. The maximum Gasteiger partial charge on any atom is 0.351 e. The molecule has 0 aliphatic rings. The number of nitro groups is 2. The summed E-state index contributed by atoms with van der Waals surface area (Å²) in [6.07, 6.45) is 0. The van der Waals surface area contributed by atoms with Gasteiger partial charge >= 0.3 is 17.9 Å². The van der Waals surface area contributed by atoms with Gasteiger partial charge in [0, 0.05) is 12.1 Å². The molecule has 0 spiro atoms. The molecule has 2 N–H and O–H groups in total. The quantitative estimate of drug-likeness (QED) is 0.0328. The number of benzene rings is 6. The molecule has 0 aliphatic heterocycles. The van der Waals surface area contributed by atoms with Gasteiger partial charge in [-0.25, -0.2) is 14.4 Å². The zero-order chi connectivity index (χ0) is 39.8. The lowest BCUT2D eigenvalue weighted by Crippen LogP contribution is -2.16. The van der Waals surface area contributed by atoms with Crippen LogP contribution in [0, 0.1) is 20.2 Å². The van der Waals surface area contributed by atoms with Crippen molar-refractivity contribution < 1.29 is 58.4 Å². The van der Waals surface area contributed by atoms with E-state index in [1.165, 1.54) is 48.5 Å². The molecule has 0 atom stereocenters. The van der Waals surface area contributed by atoms with E-state index in [1.54, 1.807) is 48.5 Å². The number of nitrogens with zero attached hydrogens (tertiary/aromatic N) is 2. The molecule has 0 radical (unpaired) electrons. The van der Waals surface area contributed by atoms with Gasteiger partial charge in [0.1, 0.15) is 35.4 Å². The molecule has 280 valence electrons. The fourth-order valence-electron chi connectivity index (χ4n) is 5.34. The fraction of sp³-hybridized carbons (Fsp3) is 0.0250. The first-order valence-corrected chi connectivity index (χ1v) is 16.2. The van der Waals surface area contributed by atoms with Crippen LogP contribution in [-0.4, -0.2) is 38.0 Å². The number of carboxylic acids is 2. The second kappa shape index (κ2) is 16.7. The summed E-state index contributed by atoms with van der Waals surface area (Å²) < 4.78 is 17.0. The van der Waals surface area contributed by atoms with E-state index in [9.17, 15) is 44.8 Å². The molecule has 0 aromatic heterocycles. The summed E-state index contributed by atoms with van der Waals surface area (Å²) in [5.74, 6) is -1.82. The Balaban J connectivity index is 1.01. The van der Waals surface area contributed by atoms with Gasteiger partial charge in [0.05, 0.1) is 26.5 Å². The number of carbonyl (C=O) groups excluding carboxylic acids is 1. The van der Waals surface area contributed by atoms with E-state index >= 15 is 0 Å². The first-order chi connectivity index (χ1) is 27.0. The molecule has 16 nitrogen and oxygen atoms in total. The normalized spacial score (nSPS) is 10.6. The van der Waals surface area contributed by atoms with Gasteiger partial charge in [0.2, 0.25) is 0 Å². The van der Waals surface area contributed by atoms with Crippen molar-refractivity contribution in [2.75, 3.05) is 0 Å². The molecular weight excluding hydrogens is 732 g/mol. The second-order valence-electron chi connectivity index (χ2n) is 11.6.